The van der Waals surface area contributed by atoms with Crippen LogP contribution in [0.25, 0.3) is 6.08 Å². The van der Waals surface area contributed by atoms with E-state index < -0.39 is 0 Å². The molecule has 0 radical (unpaired) electrons. The first-order chi connectivity index (χ1) is 11.5. The maximum atomic E-state index is 12.8. The van der Waals surface area contributed by atoms with E-state index in [9.17, 15) is 4.79 Å². The van der Waals surface area contributed by atoms with Crippen molar-refractivity contribution in [2.75, 3.05) is 20.6 Å². The third-order valence-corrected chi connectivity index (χ3v) is 6.67. The number of amides is 1. The molecule has 5 rings (SSSR count). The number of fused-ring (bicyclic) bond motifs is 1. The average molecular weight is 365 g/mol. The van der Waals surface area contributed by atoms with Gasteiger partial charge in [0.25, 0.3) is 0 Å². The van der Waals surface area contributed by atoms with Crippen molar-refractivity contribution in [3.63, 3.8) is 0 Å². The lowest BCUT2D eigenvalue weighted by atomic mass is 9.70. The van der Waals surface area contributed by atoms with Gasteiger partial charge in [0, 0.05) is 32.7 Å². The third-order valence-electron chi connectivity index (χ3n) is 5.93. The molecule has 1 aromatic carbocycles. The Bertz CT molecular complexity index is 715. The van der Waals surface area contributed by atoms with E-state index in [0.29, 0.717) is 28.0 Å². The van der Waals surface area contributed by atoms with Gasteiger partial charge in [-0.1, -0.05) is 40.9 Å². The van der Waals surface area contributed by atoms with Gasteiger partial charge in [-0.25, -0.2) is 0 Å². The summed E-state index contributed by atoms with van der Waals surface area (Å²) in [6.45, 7) is 0.984. The first-order valence-electron chi connectivity index (χ1n) is 8.58. The van der Waals surface area contributed by atoms with Crippen LogP contribution in [0.2, 0.25) is 10.0 Å². The maximum absolute atomic E-state index is 12.8. The number of benzene rings is 1. The van der Waals surface area contributed by atoms with Gasteiger partial charge >= 0.3 is 0 Å². The minimum Gasteiger partial charge on any atom is -0.349 e. The van der Waals surface area contributed by atoms with Crippen molar-refractivity contribution in [3.05, 3.63) is 39.4 Å². The second-order valence-electron chi connectivity index (χ2n) is 7.46. The molecular formula is C19H22Cl2N2O. The van der Waals surface area contributed by atoms with E-state index in [-0.39, 0.29) is 11.8 Å². The summed E-state index contributed by atoms with van der Waals surface area (Å²) in [5.74, 6) is 0.730. The quantitative estimate of drug-likeness (QED) is 0.793. The van der Waals surface area contributed by atoms with Gasteiger partial charge in [0.15, 0.2) is 0 Å². The lowest BCUT2D eigenvalue weighted by molar-refractivity contribution is -0.140. The van der Waals surface area contributed by atoms with Crippen LogP contribution in [-0.2, 0) is 4.79 Å². The van der Waals surface area contributed by atoms with Crippen LogP contribution < -0.4 is 0 Å². The number of nitrogens with zero attached hydrogens (tertiary/aromatic N) is 2. The molecule has 4 aliphatic rings. The van der Waals surface area contributed by atoms with E-state index in [0.717, 1.165) is 24.9 Å². The van der Waals surface area contributed by atoms with E-state index >= 15 is 0 Å². The fourth-order valence-corrected chi connectivity index (χ4v) is 5.18. The van der Waals surface area contributed by atoms with Crippen molar-refractivity contribution in [3.8, 4) is 0 Å². The second kappa shape index (κ2) is 6.05. The molecule has 5 atom stereocenters. The van der Waals surface area contributed by atoms with Gasteiger partial charge in [-0.15, -0.1) is 0 Å². The van der Waals surface area contributed by atoms with Crippen molar-refractivity contribution >= 4 is 35.2 Å². The van der Waals surface area contributed by atoms with Crippen molar-refractivity contribution in [1.82, 2.24) is 9.80 Å². The van der Waals surface area contributed by atoms with Gasteiger partial charge in [-0.05, 0) is 42.9 Å². The highest BCUT2D eigenvalue weighted by Crippen LogP contribution is 2.51. The molecule has 4 saturated heterocycles. The summed E-state index contributed by atoms with van der Waals surface area (Å²) >= 11 is 12.2. The normalized spacial score (nSPS) is 35.5. The summed E-state index contributed by atoms with van der Waals surface area (Å²) in [5, 5.41) is 1.15. The van der Waals surface area contributed by atoms with Crippen LogP contribution in [0.3, 0.4) is 0 Å². The van der Waals surface area contributed by atoms with Crippen LogP contribution in [0.1, 0.15) is 24.8 Å². The van der Waals surface area contributed by atoms with E-state index in [2.05, 4.69) is 11.0 Å². The molecule has 5 unspecified atom stereocenters. The van der Waals surface area contributed by atoms with Crippen molar-refractivity contribution in [1.29, 1.82) is 0 Å². The Morgan fingerprint density at radius 2 is 2.04 bits per heavy atom. The van der Waals surface area contributed by atoms with E-state index in [1.165, 1.54) is 12.0 Å². The highest BCUT2D eigenvalue weighted by atomic mass is 35.5. The van der Waals surface area contributed by atoms with Crippen LogP contribution >= 0.6 is 23.2 Å². The fraction of sp³-hybridized carbons (Fsp3) is 0.526. The van der Waals surface area contributed by atoms with Crippen LogP contribution in [-0.4, -0.2) is 48.4 Å². The maximum Gasteiger partial charge on any atom is 0.227 e. The zero-order chi connectivity index (χ0) is 17.0. The van der Waals surface area contributed by atoms with Crippen molar-refractivity contribution < 1.29 is 4.79 Å². The summed E-state index contributed by atoms with van der Waals surface area (Å²) in [6.07, 6.45) is 5.71. The highest BCUT2D eigenvalue weighted by Gasteiger charge is 2.55. The SMILES string of the molecule is CN(C)C(=O)C1C2CC3CCC1N3C/C2=C\c1ccc(Cl)c(Cl)c1. The molecule has 128 valence electrons. The summed E-state index contributed by atoms with van der Waals surface area (Å²) in [6, 6.07) is 6.83. The highest BCUT2D eigenvalue weighted by molar-refractivity contribution is 6.42. The first kappa shape index (κ1) is 16.4. The molecule has 0 N–H and O–H groups in total. The largest absolute Gasteiger partial charge is 0.349 e. The molecule has 3 nitrogen and oxygen atoms in total. The number of halogens is 2. The summed E-state index contributed by atoms with van der Waals surface area (Å²) in [7, 11) is 3.74. The second-order valence-corrected chi connectivity index (χ2v) is 8.28. The predicted molar refractivity (Wildman–Crippen MR) is 98.2 cm³/mol. The molecule has 1 aromatic rings. The molecule has 4 aliphatic heterocycles. The molecule has 0 saturated carbocycles. The zero-order valence-electron chi connectivity index (χ0n) is 14.0. The zero-order valence-corrected chi connectivity index (χ0v) is 15.5. The summed E-state index contributed by atoms with van der Waals surface area (Å²) in [5.41, 5.74) is 2.43. The minimum atomic E-state index is 0.0986. The monoisotopic (exact) mass is 364 g/mol. The van der Waals surface area contributed by atoms with Gasteiger partial charge in [0.2, 0.25) is 5.91 Å². The van der Waals surface area contributed by atoms with Crippen molar-refractivity contribution in [2.24, 2.45) is 11.8 Å². The van der Waals surface area contributed by atoms with Crippen molar-refractivity contribution in [2.45, 2.75) is 31.3 Å². The van der Waals surface area contributed by atoms with Gasteiger partial charge in [-0.2, -0.15) is 0 Å². The first-order valence-corrected chi connectivity index (χ1v) is 9.33. The number of piperidine rings is 3. The number of carbonyl (C=O) groups excluding carboxylic acids is 1. The smallest absolute Gasteiger partial charge is 0.227 e. The molecule has 5 heteroatoms. The van der Waals surface area contributed by atoms with E-state index in [4.69, 9.17) is 23.2 Å². The molecule has 4 fully saturated rings. The van der Waals surface area contributed by atoms with Crippen LogP contribution in [0.4, 0.5) is 0 Å². The molecule has 0 aliphatic carbocycles. The molecule has 4 heterocycles. The Hall–Kier alpha value is -1.03. The van der Waals surface area contributed by atoms with Gasteiger partial charge < -0.3 is 4.90 Å². The molecule has 0 spiro atoms. The standard InChI is InChI=1S/C19H22Cl2N2O/c1-22(2)19(24)18-14-9-13-4-6-17(18)23(13)10-12(14)7-11-3-5-15(20)16(21)8-11/h3,5,7-8,13-14,17-18H,4,6,9-10H2,1-2H3/b12-7+. The summed E-state index contributed by atoms with van der Waals surface area (Å²) < 4.78 is 0. The summed E-state index contributed by atoms with van der Waals surface area (Å²) in [4.78, 5) is 17.1. The molecule has 24 heavy (non-hydrogen) atoms. The Balaban J connectivity index is 1.69. The predicted octanol–water partition coefficient (Wildman–Crippen LogP) is 3.95. The Morgan fingerprint density at radius 1 is 1.25 bits per heavy atom. The Morgan fingerprint density at radius 3 is 2.75 bits per heavy atom. The number of hydrogen-bond donors (Lipinski definition) is 0. The van der Waals surface area contributed by atoms with E-state index in [1.54, 1.807) is 4.90 Å². The van der Waals surface area contributed by atoms with Gasteiger partial charge in [-0.3, -0.25) is 9.69 Å². The Labute approximate surface area is 153 Å². The number of hydrogen-bond acceptors (Lipinski definition) is 2. The van der Waals surface area contributed by atoms with Gasteiger partial charge in [0.05, 0.1) is 16.0 Å². The molecular weight excluding hydrogens is 343 g/mol. The minimum absolute atomic E-state index is 0.0986. The Kier molecular flexibility index (Phi) is 4.14. The number of rotatable bonds is 2. The fourth-order valence-electron chi connectivity index (χ4n) is 4.87. The average Bonchev–Trinajstić information content (AvgIpc) is 2.86. The van der Waals surface area contributed by atoms with Crippen LogP contribution in [0.5, 0.6) is 0 Å². The number of carbonyl (C=O) groups is 1. The lowest BCUT2D eigenvalue weighted by Crippen LogP contribution is -2.59. The van der Waals surface area contributed by atoms with Crippen LogP contribution in [0.15, 0.2) is 23.8 Å². The molecule has 1 amide bonds. The third kappa shape index (κ3) is 2.58. The van der Waals surface area contributed by atoms with Gasteiger partial charge in [0.1, 0.15) is 0 Å². The topological polar surface area (TPSA) is 23.6 Å². The molecule has 0 aromatic heterocycles. The lowest BCUT2D eigenvalue weighted by Gasteiger charge is -2.51. The molecule has 4 bridgehead atoms. The van der Waals surface area contributed by atoms with E-state index in [1.807, 2.05) is 32.3 Å². The van der Waals surface area contributed by atoms with Crippen LogP contribution in [0, 0.1) is 11.8 Å².